The largest absolute Gasteiger partial charge is 0.491 e. The minimum atomic E-state index is -5.08. The lowest BCUT2D eigenvalue weighted by atomic mass is 10.1. The number of ether oxygens (including phenoxy) is 1. The first-order valence-corrected chi connectivity index (χ1v) is 12.3. The third-order valence-corrected chi connectivity index (χ3v) is 5.30. The smallest absolute Gasteiger partial charge is 0.490 e. The van der Waals surface area contributed by atoms with Crippen molar-refractivity contribution in [2.45, 2.75) is 24.7 Å². The Bertz CT molecular complexity index is 1200. The highest BCUT2D eigenvalue weighted by atomic mass is 35.5. The molecule has 0 aliphatic heterocycles. The van der Waals surface area contributed by atoms with E-state index in [4.69, 9.17) is 26.2 Å². The Morgan fingerprint density at radius 2 is 1.55 bits per heavy atom. The van der Waals surface area contributed by atoms with Crippen LogP contribution in [0.1, 0.15) is 5.56 Å². The van der Waals surface area contributed by atoms with Gasteiger partial charge in [0.2, 0.25) is 0 Å². The highest BCUT2D eigenvalue weighted by Gasteiger charge is 2.38. The molecule has 0 aliphatic rings. The number of aliphatic hydroxyl groups excluding tert-OH is 2. The van der Waals surface area contributed by atoms with Crippen LogP contribution in [0.2, 0.25) is 5.02 Å². The summed E-state index contributed by atoms with van der Waals surface area (Å²) in [7, 11) is 0. The molecule has 216 valence electrons. The molecule has 0 saturated carbocycles. The van der Waals surface area contributed by atoms with Gasteiger partial charge in [-0.1, -0.05) is 48.0 Å². The van der Waals surface area contributed by atoms with Crippen LogP contribution >= 0.6 is 11.6 Å². The first-order chi connectivity index (χ1) is 19.0. The number of alkyl halides is 3. The van der Waals surface area contributed by atoms with Gasteiger partial charge in [-0.15, -0.1) is 0 Å². The van der Waals surface area contributed by atoms with Crippen LogP contribution in [-0.4, -0.2) is 65.4 Å². The molecular weight excluding hydrogens is 555 g/mol. The van der Waals surface area contributed by atoms with E-state index in [2.05, 4.69) is 16.0 Å². The lowest BCUT2D eigenvalue weighted by Crippen LogP contribution is -2.41. The fraction of sp³-hybridized carbons (Fsp3) is 0.259. The average molecular weight is 584 g/mol. The van der Waals surface area contributed by atoms with Gasteiger partial charge in [0.25, 0.3) is 0 Å². The Hall–Kier alpha value is -3.84. The van der Waals surface area contributed by atoms with E-state index in [1.165, 1.54) is 0 Å². The summed E-state index contributed by atoms with van der Waals surface area (Å²) in [4.78, 5) is 21.0. The third-order valence-electron chi connectivity index (χ3n) is 5.07. The molecular formula is C27H29ClF3N3O6. The number of aliphatic carboxylic acids is 1. The molecule has 0 aromatic heterocycles. The molecule has 0 spiro atoms. The van der Waals surface area contributed by atoms with Crippen molar-refractivity contribution in [1.29, 1.82) is 0 Å². The van der Waals surface area contributed by atoms with Gasteiger partial charge in [-0.3, -0.25) is 0 Å². The van der Waals surface area contributed by atoms with E-state index in [0.29, 0.717) is 35.1 Å². The zero-order chi connectivity index (χ0) is 29.5. The summed E-state index contributed by atoms with van der Waals surface area (Å²) in [6.45, 7) is 0.377. The van der Waals surface area contributed by atoms with E-state index in [0.717, 1.165) is 5.56 Å². The first kappa shape index (κ1) is 32.4. The van der Waals surface area contributed by atoms with Gasteiger partial charge in [-0.25, -0.2) is 9.59 Å². The Morgan fingerprint density at radius 1 is 0.925 bits per heavy atom. The van der Waals surface area contributed by atoms with Crippen molar-refractivity contribution in [2.75, 3.05) is 30.4 Å². The second-order valence-corrected chi connectivity index (χ2v) is 8.80. The maximum absolute atomic E-state index is 12.2. The zero-order valence-corrected chi connectivity index (χ0v) is 21.8. The summed E-state index contributed by atoms with van der Waals surface area (Å²) in [5, 5.41) is 36.2. The Kier molecular flexibility index (Phi) is 13.2. The Labute approximate surface area is 233 Å². The topological polar surface area (TPSA) is 140 Å². The van der Waals surface area contributed by atoms with Crippen LogP contribution in [0.25, 0.3) is 0 Å². The standard InChI is InChI=1S/C25H28ClN3O4.C2HF3O2/c26-19-5-4-6-21(14-19)29-25(32)28-20-11-9-18(10-12-20)13-22(16-30)27-15-23(31)17-33-24-7-2-1-3-8-24;3-2(4,5)1(6)7/h1-12,14,22-23,27,30-31H,13,15-17H2,(H2,28,29,32);(H,6,7)/t22-,23-;/m0./s1. The predicted octanol–water partition coefficient (Wildman–Crippen LogP) is 4.55. The number of halogens is 4. The molecule has 2 amide bonds. The fourth-order valence-corrected chi connectivity index (χ4v) is 3.33. The van der Waals surface area contributed by atoms with Gasteiger partial charge in [-0.05, 0) is 54.4 Å². The number of aliphatic hydroxyl groups is 2. The third kappa shape index (κ3) is 12.8. The highest BCUT2D eigenvalue weighted by molar-refractivity contribution is 6.30. The minimum Gasteiger partial charge on any atom is -0.491 e. The van der Waals surface area contributed by atoms with E-state index in [1.54, 1.807) is 36.4 Å². The number of hydrogen-bond donors (Lipinski definition) is 6. The van der Waals surface area contributed by atoms with Gasteiger partial charge < -0.3 is 36.0 Å². The molecule has 0 bridgehead atoms. The molecule has 6 N–H and O–H groups in total. The molecule has 0 heterocycles. The van der Waals surface area contributed by atoms with Crippen molar-refractivity contribution >= 4 is 35.0 Å². The summed E-state index contributed by atoms with van der Waals surface area (Å²) >= 11 is 5.93. The van der Waals surface area contributed by atoms with Crippen molar-refractivity contribution in [1.82, 2.24) is 5.32 Å². The number of carboxylic acid groups (broad SMARTS) is 1. The molecule has 9 nitrogen and oxygen atoms in total. The minimum absolute atomic E-state index is 0.0751. The summed E-state index contributed by atoms with van der Waals surface area (Å²) < 4.78 is 37.3. The van der Waals surface area contributed by atoms with E-state index in [9.17, 15) is 28.2 Å². The highest BCUT2D eigenvalue weighted by Crippen LogP contribution is 2.16. The fourth-order valence-electron chi connectivity index (χ4n) is 3.14. The number of amides is 2. The van der Waals surface area contributed by atoms with Crippen LogP contribution in [0, 0.1) is 0 Å². The monoisotopic (exact) mass is 583 g/mol. The van der Waals surface area contributed by atoms with E-state index < -0.39 is 18.2 Å². The molecule has 0 unspecified atom stereocenters. The van der Waals surface area contributed by atoms with Gasteiger partial charge in [0.1, 0.15) is 18.5 Å². The molecule has 0 aliphatic carbocycles. The molecule has 40 heavy (non-hydrogen) atoms. The number of carbonyl (C=O) groups is 2. The number of para-hydroxylation sites is 1. The molecule has 3 aromatic carbocycles. The van der Waals surface area contributed by atoms with Crippen LogP contribution in [-0.2, 0) is 11.2 Å². The van der Waals surface area contributed by atoms with Crippen molar-refractivity contribution in [3.63, 3.8) is 0 Å². The van der Waals surface area contributed by atoms with Crippen molar-refractivity contribution in [3.05, 3.63) is 89.4 Å². The number of benzene rings is 3. The summed E-state index contributed by atoms with van der Waals surface area (Å²) in [6, 6.07) is 23.0. The van der Waals surface area contributed by atoms with E-state index in [-0.39, 0.29) is 25.3 Å². The number of nitrogens with one attached hydrogen (secondary N) is 3. The van der Waals surface area contributed by atoms with E-state index in [1.807, 2.05) is 42.5 Å². The molecule has 13 heteroatoms. The summed E-state index contributed by atoms with van der Waals surface area (Å²) in [5.74, 6) is -2.06. The summed E-state index contributed by atoms with van der Waals surface area (Å²) in [6.07, 6.45) is -5.22. The zero-order valence-electron chi connectivity index (χ0n) is 21.1. The average Bonchev–Trinajstić information content (AvgIpc) is 2.91. The quantitative estimate of drug-likeness (QED) is 0.195. The summed E-state index contributed by atoms with van der Waals surface area (Å²) in [5.41, 5.74) is 2.22. The maximum atomic E-state index is 12.2. The Balaban J connectivity index is 0.000000708. The van der Waals surface area contributed by atoms with E-state index >= 15 is 0 Å². The maximum Gasteiger partial charge on any atom is 0.490 e. The normalized spacial score (nSPS) is 12.3. The first-order valence-electron chi connectivity index (χ1n) is 11.9. The van der Waals surface area contributed by atoms with Gasteiger partial charge in [0.05, 0.1) is 6.61 Å². The van der Waals surface area contributed by atoms with Crippen molar-refractivity contribution in [2.24, 2.45) is 0 Å². The second kappa shape index (κ2) is 16.3. The number of rotatable bonds is 11. The number of hydrogen-bond acceptors (Lipinski definition) is 6. The molecule has 0 saturated heterocycles. The predicted molar refractivity (Wildman–Crippen MR) is 145 cm³/mol. The number of anilines is 2. The molecule has 3 aromatic rings. The van der Waals surface area contributed by atoms with Crippen LogP contribution in [0.15, 0.2) is 78.9 Å². The number of urea groups is 1. The molecule has 3 rings (SSSR count). The molecule has 0 fully saturated rings. The Morgan fingerprint density at radius 3 is 2.12 bits per heavy atom. The number of carboxylic acids is 1. The van der Waals surface area contributed by atoms with Crippen molar-refractivity contribution < 1.29 is 42.8 Å². The van der Waals surface area contributed by atoms with Crippen LogP contribution in [0.4, 0.5) is 29.3 Å². The van der Waals surface area contributed by atoms with Crippen molar-refractivity contribution in [3.8, 4) is 5.75 Å². The van der Waals surface area contributed by atoms with Gasteiger partial charge in [0, 0.05) is 29.0 Å². The molecule has 0 radical (unpaired) electrons. The SMILES string of the molecule is O=C(Nc1ccc(C[C@@H](CO)NC[C@H](O)COc2ccccc2)cc1)Nc1cccc(Cl)c1.O=C(O)C(F)(F)F. The van der Waals surface area contributed by atoms with Crippen LogP contribution in [0.3, 0.4) is 0 Å². The van der Waals surface area contributed by atoms with Gasteiger partial charge >= 0.3 is 18.2 Å². The van der Waals surface area contributed by atoms with Gasteiger partial charge in [-0.2, -0.15) is 13.2 Å². The number of carbonyl (C=O) groups excluding carboxylic acids is 1. The van der Waals surface area contributed by atoms with Gasteiger partial charge in [0.15, 0.2) is 0 Å². The van der Waals surface area contributed by atoms with Crippen LogP contribution in [0.5, 0.6) is 5.75 Å². The lowest BCUT2D eigenvalue weighted by Gasteiger charge is -2.19. The van der Waals surface area contributed by atoms with Crippen LogP contribution < -0.4 is 20.7 Å². The lowest BCUT2D eigenvalue weighted by molar-refractivity contribution is -0.192. The molecule has 2 atom stereocenters. The second-order valence-electron chi connectivity index (χ2n) is 8.36.